The molecule has 0 amide bonds. The molecule has 3 nitrogen and oxygen atoms in total. The van der Waals surface area contributed by atoms with Crippen molar-refractivity contribution in [3.63, 3.8) is 0 Å². The maximum absolute atomic E-state index is 8.90. The van der Waals surface area contributed by atoms with E-state index < -0.39 is 0 Å². The first kappa shape index (κ1) is 51.8. The topological polar surface area (TPSA) is 48.9 Å². The Labute approximate surface area is 394 Å². The molecule has 0 radical (unpaired) electrons. The van der Waals surface area contributed by atoms with Crippen LogP contribution in [0.15, 0.2) is 24.5 Å². The Hall–Kier alpha value is -13.2. The van der Waals surface area contributed by atoms with Gasteiger partial charge in [0.25, 0.3) is 0 Å². The summed E-state index contributed by atoms with van der Waals surface area (Å²) in [5.41, 5.74) is 2.69. The van der Waals surface area contributed by atoms with Gasteiger partial charge < -0.3 is 10.1 Å². The van der Waals surface area contributed by atoms with Crippen LogP contribution in [0.5, 0.6) is 0 Å². The summed E-state index contributed by atoms with van der Waals surface area (Å²) in [5.74, 6) is 136. The Kier molecular flexibility index (Phi) is 33.9. The van der Waals surface area contributed by atoms with E-state index in [0.29, 0.717) is 0 Å². The first-order valence-electron chi connectivity index (χ1n) is 17.7. The number of nitrogens with zero attached hydrogens (tertiary/aromatic N) is 1. The van der Waals surface area contributed by atoms with Gasteiger partial charge in [-0.15, -0.1) is 0 Å². The van der Waals surface area contributed by atoms with Crippen LogP contribution in [-0.2, 0) is 6.61 Å². The van der Waals surface area contributed by atoms with E-state index in [-0.39, 0.29) is 6.61 Å². The standard InChI is InChI=1S/C56H6.C8H8N2O/c1-3-5-7-9-11-13-15-17-19-21-23-25-27-29-31-33-35-37-39-41-43-45-47-49-51-53-55-56-54-52-50-48-46-44-42-40-38-36-34-32-30-28-26-24-22-20-18-16-14-12-10-8-6-4-2;11-4-6-2-1-3-7-8(6)10-5-9-7/h1-2H3;1-3,5,11H,4H2,(H,9,10). The van der Waals surface area contributed by atoms with Crippen molar-refractivity contribution in [3.05, 3.63) is 30.1 Å². The van der Waals surface area contributed by atoms with Gasteiger partial charge in [-0.3, -0.25) is 0 Å². The number of para-hydroxylation sites is 1. The van der Waals surface area contributed by atoms with Crippen LogP contribution in [0, 0.1) is 320 Å². The van der Waals surface area contributed by atoms with Crippen molar-refractivity contribution >= 4 is 11.0 Å². The third kappa shape index (κ3) is 35.6. The number of nitrogens with one attached hydrogen (secondary N) is 1. The van der Waals surface area contributed by atoms with E-state index in [1.165, 1.54) is 0 Å². The molecule has 0 fully saturated rings. The van der Waals surface area contributed by atoms with Crippen LogP contribution in [0.1, 0.15) is 19.4 Å². The summed E-state index contributed by atoms with van der Waals surface area (Å²) in [6, 6.07) is 5.69. The Morgan fingerprint density at radius 1 is 0.313 bits per heavy atom. The molecule has 2 rings (SSSR count). The molecule has 0 saturated heterocycles. The fourth-order valence-electron chi connectivity index (χ4n) is 2.84. The molecule has 0 aliphatic heterocycles. The second kappa shape index (κ2) is 43.9. The van der Waals surface area contributed by atoms with E-state index in [1.54, 1.807) is 20.2 Å². The summed E-state index contributed by atoms with van der Waals surface area (Å²) in [7, 11) is 0. The summed E-state index contributed by atoms with van der Waals surface area (Å²) in [6.07, 6.45) is 1.63. The SMILES string of the molecule is CC#CC#CC#CC#CC#CC#CC#CC#CC#CC#CC#CC#CC#CC#CC#CC#CC#CC#CC#CC#CC#CC#CC#CC#CC#CC#CC#CC.OCc1cccc2[nH]cnc12. The highest BCUT2D eigenvalue weighted by atomic mass is 16.3. The van der Waals surface area contributed by atoms with Gasteiger partial charge in [0.1, 0.15) is 0 Å². The molecule has 0 saturated carbocycles. The molecule has 2 N–H and O–H groups in total. The van der Waals surface area contributed by atoms with Crippen molar-refractivity contribution in [2.75, 3.05) is 0 Å². The minimum absolute atomic E-state index is 0.0438. The highest BCUT2D eigenvalue weighted by molar-refractivity contribution is 5.77. The number of hydrogen-bond acceptors (Lipinski definition) is 2. The molecule has 0 atom stereocenters. The van der Waals surface area contributed by atoms with Gasteiger partial charge in [-0.05, 0) is 115 Å². The lowest BCUT2D eigenvalue weighted by atomic mass is 10.2. The molecule has 0 bridgehead atoms. The van der Waals surface area contributed by atoms with Crippen LogP contribution < -0.4 is 0 Å². The van der Waals surface area contributed by atoms with Gasteiger partial charge in [0, 0.05) is 219 Å². The van der Waals surface area contributed by atoms with Crippen LogP contribution in [0.3, 0.4) is 0 Å². The normalized spacial score (nSPS) is 5.06. The van der Waals surface area contributed by atoms with Crippen molar-refractivity contribution in [3.8, 4) is 320 Å². The Morgan fingerprint density at radius 2 is 0.507 bits per heavy atom. The Bertz CT molecular complexity index is 3920. The fourth-order valence-corrected chi connectivity index (χ4v) is 2.84. The molecular weight excluding hydrogens is 813 g/mol. The maximum atomic E-state index is 8.90. The van der Waals surface area contributed by atoms with E-state index in [0.717, 1.165) is 16.6 Å². The van der Waals surface area contributed by atoms with E-state index in [4.69, 9.17) is 5.11 Å². The van der Waals surface area contributed by atoms with E-state index in [9.17, 15) is 0 Å². The first-order valence-corrected chi connectivity index (χ1v) is 17.7. The van der Waals surface area contributed by atoms with Gasteiger partial charge >= 0.3 is 0 Å². The lowest BCUT2D eigenvalue weighted by Crippen LogP contribution is -1.83. The number of rotatable bonds is 1. The third-order valence-corrected chi connectivity index (χ3v) is 5.14. The minimum atomic E-state index is 0.0438. The third-order valence-electron chi connectivity index (χ3n) is 5.14. The Balaban J connectivity index is 0.00000175. The minimum Gasteiger partial charge on any atom is -0.392 e. The van der Waals surface area contributed by atoms with Gasteiger partial charge in [0.05, 0.1) is 24.0 Å². The largest absolute Gasteiger partial charge is 0.392 e. The van der Waals surface area contributed by atoms with Crippen molar-refractivity contribution < 1.29 is 5.11 Å². The molecular formula is C64H14N2O. The second-order valence-electron chi connectivity index (χ2n) is 9.37. The molecule has 1 aromatic carbocycles. The molecule has 67 heavy (non-hydrogen) atoms. The fraction of sp³-hybridized carbons (Fsp3) is 0.0469. The summed E-state index contributed by atoms with van der Waals surface area (Å²) >= 11 is 0. The molecule has 0 aliphatic rings. The van der Waals surface area contributed by atoms with E-state index in [2.05, 4.69) is 330 Å². The molecule has 3 heteroatoms. The van der Waals surface area contributed by atoms with Crippen molar-refractivity contribution in [1.82, 2.24) is 9.97 Å². The summed E-state index contributed by atoms with van der Waals surface area (Å²) in [4.78, 5) is 7.05. The van der Waals surface area contributed by atoms with Gasteiger partial charge in [0.15, 0.2) is 0 Å². The number of imidazole rings is 1. The number of benzene rings is 1. The highest BCUT2D eigenvalue weighted by Gasteiger charge is 1.99. The number of fused-ring (bicyclic) bond motifs is 1. The van der Waals surface area contributed by atoms with Crippen LogP contribution in [0.25, 0.3) is 11.0 Å². The van der Waals surface area contributed by atoms with Gasteiger partial charge in [-0.25, -0.2) is 4.98 Å². The van der Waals surface area contributed by atoms with Crippen molar-refractivity contribution in [1.29, 1.82) is 0 Å². The molecule has 2 aromatic rings. The number of aliphatic hydroxyl groups is 1. The summed E-state index contributed by atoms with van der Waals surface area (Å²) < 4.78 is 0. The predicted molar refractivity (Wildman–Crippen MR) is 263 cm³/mol. The van der Waals surface area contributed by atoms with Crippen LogP contribution >= 0.6 is 0 Å². The zero-order valence-corrected chi connectivity index (χ0v) is 34.9. The second-order valence-corrected chi connectivity index (χ2v) is 9.37. The number of aromatic nitrogens is 2. The Morgan fingerprint density at radius 3 is 0.687 bits per heavy atom. The zero-order valence-electron chi connectivity index (χ0n) is 34.9. The molecule has 0 aliphatic carbocycles. The average Bonchev–Trinajstić information content (AvgIpc) is 3.84. The maximum Gasteiger partial charge on any atom is 0.0937 e. The van der Waals surface area contributed by atoms with Crippen LogP contribution in [-0.4, -0.2) is 15.1 Å². The first-order chi connectivity index (χ1) is 33.3. The molecule has 0 unspecified atom stereocenters. The lowest BCUT2D eigenvalue weighted by Gasteiger charge is -1.94. The van der Waals surface area contributed by atoms with E-state index >= 15 is 0 Å². The smallest absolute Gasteiger partial charge is 0.0937 e. The highest BCUT2D eigenvalue weighted by Crippen LogP contribution is 2.13. The lowest BCUT2D eigenvalue weighted by molar-refractivity contribution is 0.283. The molecule has 286 valence electrons. The van der Waals surface area contributed by atoms with Gasteiger partial charge in [-0.1, -0.05) is 24.0 Å². The number of H-pyrrole nitrogens is 1. The van der Waals surface area contributed by atoms with E-state index in [1.807, 2.05) is 18.2 Å². The molecule has 0 spiro atoms. The van der Waals surface area contributed by atoms with Crippen molar-refractivity contribution in [2.45, 2.75) is 20.5 Å². The monoisotopic (exact) mass is 826 g/mol. The predicted octanol–water partition coefficient (Wildman–Crippen LogP) is 2.17. The summed E-state index contributed by atoms with van der Waals surface area (Å²) in [5, 5.41) is 8.90. The van der Waals surface area contributed by atoms with Crippen LogP contribution in [0.4, 0.5) is 0 Å². The number of hydrogen-bond donors (Lipinski definition) is 2. The van der Waals surface area contributed by atoms with Gasteiger partial charge in [-0.2, -0.15) is 0 Å². The average molecular weight is 827 g/mol. The quantitative estimate of drug-likeness (QED) is 0.434. The number of aliphatic hydroxyl groups excluding tert-OH is 1. The molecule has 1 aromatic heterocycles. The summed E-state index contributed by atoms with van der Waals surface area (Å²) in [6.45, 7) is 3.42. The van der Waals surface area contributed by atoms with Crippen molar-refractivity contribution in [2.24, 2.45) is 0 Å². The number of aromatic amines is 1. The molecule has 1 heterocycles. The van der Waals surface area contributed by atoms with Crippen LogP contribution in [0.2, 0.25) is 0 Å². The zero-order chi connectivity index (χ0) is 47.9. The van der Waals surface area contributed by atoms with Gasteiger partial charge in [0.2, 0.25) is 0 Å².